The number of nitriles is 1. The SMILES string of the molecule is COc1cc(/C=C(\C#N)C(=O)Nc2ccc(OC)c(OC)c2)ccc1O. The van der Waals surface area contributed by atoms with E-state index in [1.54, 1.807) is 24.3 Å². The van der Waals surface area contributed by atoms with Crippen LogP contribution >= 0.6 is 0 Å². The van der Waals surface area contributed by atoms with E-state index in [2.05, 4.69) is 5.32 Å². The van der Waals surface area contributed by atoms with E-state index in [4.69, 9.17) is 14.2 Å². The third-order valence-electron chi connectivity index (χ3n) is 3.52. The Morgan fingerprint density at radius 1 is 1.04 bits per heavy atom. The summed E-state index contributed by atoms with van der Waals surface area (Å²) in [5.41, 5.74) is 0.892. The van der Waals surface area contributed by atoms with Gasteiger partial charge in [0.2, 0.25) is 0 Å². The number of carbonyl (C=O) groups is 1. The molecule has 2 aromatic carbocycles. The maximum Gasteiger partial charge on any atom is 0.266 e. The van der Waals surface area contributed by atoms with Gasteiger partial charge >= 0.3 is 0 Å². The number of benzene rings is 2. The van der Waals surface area contributed by atoms with Crippen molar-refractivity contribution in [2.75, 3.05) is 26.6 Å². The lowest BCUT2D eigenvalue weighted by molar-refractivity contribution is -0.112. The second kappa shape index (κ2) is 8.44. The number of amides is 1. The smallest absolute Gasteiger partial charge is 0.266 e. The van der Waals surface area contributed by atoms with Gasteiger partial charge in [0.05, 0.1) is 21.3 Å². The van der Waals surface area contributed by atoms with Crippen LogP contribution in [-0.2, 0) is 4.79 Å². The fourth-order valence-corrected chi connectivity index (χ4v) is 2.21. The minimum absolute atomic E-state index is 0.0297. The van der Waals surface area contributed by atoms with Crippen molar-refractivity contribution in [2.45, 2.75) is 0 Å². The molecule has 0 radical (unpaired) electrons. The topological polar surface area (TPSA) is 101 Å². The van der Waals surface area contributed by atoms with E-state index in [9.17, 15) is 15.2 Å². The first-order chi connectivity index (χ1) is 12.5. The number of aromatic hydroxyl groups is 1. The molecule has 0 fully saturated rings. The fourth-order valence-electron chi connectivity index (χ4n) is 2.21. The number of rotatable bonds is 6. The molecule has 0 aromatic heterocycles. The van der Waals surface area contributed by atoms with E-state index in [0.29, 0.717) is 22.7 Å². The van der Waals surface area contributed by atoms with Gasteiger partial charge in [0.25, 0.3) is 5.91 Å². The summed E-state index contributed by atoms with van der Waals surface area (Å²) < 4.78 is 15.3. The summed E-state index contributed by atoms with van der Waals surface area (Å²) in [5.74, 6) is 0.620. The predicted octanol–water partition coefficient (Wildman–Crippen LogP) is 2.96. The van der Waals surface area contributed by atoms with Crippen LogP contribution in [-0.4, -0.2) is 32.3 Å². The van der Waals surface area contributed by atoms with Crippen LogP contribution in [0.5, 0.6) is 23.0 Å². The highest BCUT2D eigenvalue weighted by Crippen LogP contribution is 2.30. The normalized spacial score (nSPS) is 10.6. The molecule has 0 heterocycles. The van der Waals surface area contributed by atoms with Gasteiger partial charge in [-0.3, -0.25) is 4.79 Å². The molecule has 7 nitrogen and oxygen atoms in total. The molecular weight excluding hydrogens is 336 g/mol. The van der Waals surface area contributed by atoms with Crippen LogP contribution in [0.4, 0.5) is 5.69 Å². The largest absolute Gasteiger partial charge is 0.504 e. The van der Waals surface area contributed by atoms with Crippen molar-refractivity contribution in [1.82, 2.24) is 0 Å². The molecule has 1 amide bonds. The minimum Gasteiger partial charge on any atom is -0.504 e. The Balaban J connectivity index is 2.25. The molecular formula is C19H18N2O5. The van der Waals surface area contributed by atoms with E-state index < -0.39 is 5.91 Å². The van der Waals surface area contributed by atoms with Gasteiger partial charge in [0.1, 0.15) is 11.6 Å². The molecule has 0 saturated heterocycles. The summed E-state index contributed by atoms with van der Waals surface area (Å²) in [6, 6.07) is 11.3. The van der Waals surface area contributed by atoms with Gasteiger partial charge in [-0.1, -0.05) is 6.07 Å². The number of nitrogens with zero attached hydrogens (tertiary/aromatic N) is 1. The predicted molar refractivity (Wildman–Crippen MR) is 96.4 cm³/mol. The van der Waals surface area contributed by atoms with Crippen LogP contribution in [0.25, 0.3) is 6.08 Å². The summed E-state index contributed by atoms with van der Waals surface area (Å²) >= 11 is 0. The van der Waals surface area contributed by atoms with Crippen LogP contribution in [0, 0.1) is 11.3 Å². The molecule has 0 aliphatic heterocycles. The van der Waals surface area contributed by atoms with Gasteiger partial charge in [0, 0.05) is 11.8 Å². The highest BCUT2D eigenvalue weighted by molar-refractivity contribution is 6.09. The maximum atomic E-state index is 12.4. The monoisotopic (exact) mass is 354 g/mol. The van der Waals surface area contributed by atoms with E-state index in [1.165, 1.54) is 39.5 Å². The molecule has 7 heteroatoms. The standard InChI is InChI=1S/C19H18N2O5/c1-24-16-7-5-14(10-18(16)26-3)21-19(23)13(11-20)8-12-4-6-15(22)17(9-12)25-2/h4-10,22H,1-3H3,(H,21,23)/b13-8+. The van der Waals surface area contributed by atoms with Crippen molar-refractivity contribution in [2.24, 2.45) is 0 Å². The summed E-state index contributed by atoms with van der Waals surface area (Å²) in [7, 11) is 4.42. The highest BCUT2D eigenvalue weighted by atomic mass is 16.5. The van der Waals surface area contributed by atoms with E-state index >= 15 is 0 Å². The van der Waals surface area contributed by atoms with Crippen LogP contribution in [0.2, 0.25) is 0 Å². The van der Waals surface area contributed by atoms with Crippen molar-refractivity contribution < 1.29 is 24.1 Å². The molecule has 0 atom stereocenters. The minimum atomic E-state index is -0.577. The van der Waals surface area contributed by atoms with Crippen molar-refractivity contribution in [1.29, 1.82) is 5.26 Å². The van der Waals surface area contributed by atoms with Crippen molar-refractivity contribution in [3.63, 3.8) is 0 Å². The first-order valence-electron chi connectivity index (χ1n) is 7.54. The quantitative estimate of drug-likeness (QED) is 0.611. The number of phenols is 1. The second-order valence-electron chi connectivity index (χ2n) is 5.12. The third kappa shape index (κ3) is 4.24. The molecule has 0 unspecified atom stereocenters. The Labute approximate surface area is 151 Å². The maximum absolute atomic E-state index is 12.4. The number of anilines is 1. The number of nitrogens with one attached hydrogen (secondary N) is 1. The Morgan fingerprint density at radius 3 is 2.35 bits per heavy atom. The summed E-state index contributed by atoms with van der Waals surface area (Å²) in [6.45, 7) is 0. The number of hydrogen-bond donors (Lipinski definition) is 2. The Kier molecular flexibility index (Phi) is 6.06. The molecule has 2 rings (SSSR count). The number of phenolic OH excluding ortho intramolecular Hbond substituents is 1. The number of ether oxygens (including phenoxy) is 3. The molecule has 2 N–H and O–H groups in total. The molecule has 0 saturated carbocycles. The Morgan fingerprint density at radius 2 is 1.73 bits per heavy atom. The van der Waals surface area contributed by atoms with Crippen LogP contribution in [0.1, 0.15) is 5.56 Å². The van der Waals surface area contributed by atoms with E-state index in [1.807, 2.05) is 6.07 Å². The van der Waals surface area contributed by atoms with Crippen molar-refractivity contribution in [3.8, 4) is 29.1 Å². The summed E-state index contributed by atoms with van der Waals surface area (Å²) in [4.78, 5) is 12.4. The molecule has 134 valence electrons. The molecule has 2 aromatic rings. The van der Waals surface area contributed by atoms with Crippen LogP contribution in [0.3, 0.4) is 0 Å². The Hall–Kier alpha value is -3.66. The third-order valence-corrected chi connectivity index (χ3v) is 3.52. The van der Waals surface area contributed by atoms with E-state index in [-0.39, 0.29) is 17.1 Å². The van der Waals surface area contributed by atoms with Gasteiger partial charge in [-0.15, -0.1) is 0 Å². The van der Waals surface area contributed by atoms with Gasteiger partial charge in [0.15, 0.2) is 23.0 Å². The average Bonchev–Trinajstić information content (AvgIpc) is 2.66. The second-order valence-corrected chi connectivity index (χ2v) is 5.12. The molecule has 0 spiro atoms. The van der Waals surface area contributed by atoms with Crippen LogP contribution < -0.4 is 19.5 Å². The molecule has 26 heavy (non-hydrogen) atoms. The zero-order valence-corrected chi connectivity index (χ0v) is 14.6. The van der Waals surface area contributed by atoms with Gasteiger partial charge < -0.3 is 24.6 Å². The number of carbonyl (C=O) groups excluding carboxylic acids is 1. The first kappa shape index (κ1) is 18.7. The van der Waals surface area contributed by atoms with Gasteiger partial charge in [-0.25, -0.2) is 0 Å². The molecule has 0 aliphatic carbocycles. The summed E-state index contributed by atoms with van der Waals surface area (Å²) in [6.07, 6.45) is 1.40. The molecule has 0 aliphatic rings. The fraction of sp³-hybridized carbons (Fsp3) is 0.158. The van der Waals surface area contributed by atoms with Gasteiger partial charge in [-0.05, 0) is 35.9 Å². The average molecular weight is 354 g/mol. The van der Waals surface area contributed by atoms with Gasteiger partial charge in [-0.2, -0.15) is 5.26 Å². The number of methoxy groups -OCH3 is 3. The lowest BCUT2D eigenvalue weighted by atomic mass is 10.1. The highest BCUT2D eigenvalue weighted by Gasteiger charge is 2.12. The zero-order valence-electron chi connectivity index (χ0n) is 14.6. The lowest BCUT2D eigenvalue weighted by Crippen LogP contribution is -2.13. The van der Waals surface area contributed by atoms with Crippen molar-refractivity contribution >= 4 is 17.7 Å². The Bertz CT molecular complexity index is 884. The van der Waals surface area contributed by atoms with Crippen molar-refractivity contribution in [3.05, 3.63) is 47.5 Å². The van der Waals surface area contributed by atoms with Crippen LogP contribution in [0.15, 0.2) is 42.0 Å². The first-order valence-corrected chi connectivity index (χ1v) is 7.54. The number of hydrogen-bond acceptors (Lipinski definition) is 6. The lowest BCUT2D eigenvalue weighted by Gasteiger charge is -2.10. The summed E-state index contributed by atoms with van der Waals surface area (Å²) in [5, 5.41) is 21.5. The molecule has 0 bridgehead atoms. The van der Waals surface area contributed by atoms with E-state index in [0.717, 1.165) is 0 Å². The zero-order chi connectivity index (χ0) is 19.1.